The standard InChI is InChI=1S/C23H23F3N4O2S/c1-14-19(21(31)28-18-5-3-2-4-17(18)23(24,25)26)20(29-22(33)27-14)15-6-8-16(9-7-15)30-10-12-32-13-11-30/h2-9,20H,10-13H2,1H3,(H,28,31)(H2,27,29,33). The molecule has 1 fully saturated rings. The molecule has 174 valence electrons. The van der Waals surface area contributed by atoms with E-state index in [1.807, 2.05) is 24.3 Å². The number of morpholine rings is 1. The molecule has 2 heterocycles. The summed E-state index contributed by atoms with van der Waals surface area (Å²) in [5.74, 6) is -0.644. The largest absolute Gasteiger partial charge is 0.418 e. The lowest BCUT2D eigenvalue weighted by molar-refractivity contribution is -0.137. The van der Waals surface area contributed by atoms with Crippen LogP contribution in [0.25, 0.3) is 0 Å². The van der Waals surface area contributed by atoms with Gasteiger partial charge in [-0.25, -0.2) is 0 Å². The highest BCUT2D eigenvalue weighted by molar-refractivity contribution is 7.80. The van der Waals surface area contributed by atoms with E-state index >= 15 is 0 Å². The van der Waals surface area contributed by atoms with Crippen LogP contribution in [0.5, 0.6) is 0 Å². The van der Waals surface area contributed by atoms with Gasteiger partial charge in [-0.3, -0.25) is 4.79 Å². The van der Waals surface area contributed by atoms with Gasteiger partial charge in [0, 0.05) is 24.5 Å². The van der Waals surface area contributed by atoms with Crippen molar-refractivity contribution in [2.24, 2.45) is 0 Å². The number of ether oxygens (including phenoxy) is 1. The number of alkyl halides is 3. The zero-order valence-corrected chi connectivity index (χ0v) is 18.6. The van der Waals surface area contributed by atoms with Gasteiger partial charge in [-0.2, -0.15) is 13.2 Å². The number of hydrogen-bond acceptors (Lipinski definition) is 4. The van der Waals surface area contributed by atoms with E-state index in [4.69, 9.17) is 17.0 Å². The predicted molar refractivity (Wildman–Crippen MR) is 124 cm³/mol. The van der Waals surface area contributed by atoms with Gasteiger partial charge in [0.25, 0.3) is 5.91 Å². The second kappa shape index (κ2) is 9.40. The van der Waals surface area contributed by atoms with Crippen LogP contribution in [0.15, 0.2) is 59.8 Å². The molecule has 0 bridgehead atoms. The van der Waals surface area contributed by atoms with Crippen LogP contribution < -0.4 is 20.9 Å². The summed E-state index contributed by atoms with van der Waals surface area (Å²) >= 11 is 5.27. The van der Waals surface area contributed by atoms with Gasteiger partial charge in [-0.15, -0.1) is 0 Å². The van der Waals surface area contributed by atoms with Crippen molar-refractivity contribution in [3.8, 4) is 0 Å². The van der Waals surface area contributed by atoms with Crippen LogP contribution in [0.2, 0.25) is 0 Å². The third-order valence-corrected chi connectivity index (χ3v) is 5.82. The van der Waals surface area contributed by atoms with Crippen LogP contribution in [-0.4, -0.2) is 37.3 Å². The van der Waals surface area contributed by atoms with E-state index in [9.17, 15) is 18.0 Å². The molecule has 2 aromatic rings. The Balaban J connectivity index is 1.62. The number of benzene rings is 2. The summed E-state index contributed by atoms with van der Waals surface area (Å²) in [7, 11) is 0. The van der Waals surface area contributed by atoms with Crippen molar-refractivity contribution in [2.75, 3.05) is 36.5 Å². The average molecular weight is 477 g/mol. The van der Waals surface area contributed by atoms with Gasteiger partial charge < -0.3 is 25.6 Å². The molecular formula is C23H23F3N4O2S. The molecule has 1 saturated heterocycles. The molecular weight excluding hydrogens is 453 g/mol. The Kier molecular flexibility index (Phi) is 6.57. The molecule has 0 radical (unpaired) electrons. The minimum Gasteiger partial charge on any atom is -0.378 e. The number of rotatable bonds is 4. The van der Waals surface area contributed by atoms with Gasteiger partial charge in [-0.05, 0) is 49.0 Å². The highest BCUT2D eigenvalue weighted by Gasteiger charge is 2.35. The first-order valence-corrected chi connectivity index (χ1v) is 10.8. The zero-order valence-electron chi connectivity index (χ0n) is 17.8. The van der Waals surface area contributed by atoms with E-state index in [1.54, 1.807) is 6.92 Å². The summed E-state index contributed by atoms with van der Waals surface area (Å²) in [5.41, 5.74) is 1.33. The van der Waals surface area contributed by atoms with Gasteiger partial charge in [-0.1, -0.05) is 24.3 Å². The molecule has 0 aliphatic carbocycles. The molecule has 0 spiro atoms. The SMILES string of the molecule is CC1=C(C(=O)Nc2ccccc2C(F)(F)F)C(c2ccc(N3CCOCC3)cc2)NC(=S)N1. The van der Waals surface area contributed by atoms with E-state index in [0.29, 0.717) is 24.0 Å². The van der Waals surface area contributed by atoms with E-state index < -0.39 is 23.7 Å². The number of nitrogens with one attached hydrogen (secondary N) is 3. The zero-order chi connectivity index (χ0) is 23.6. The van der Waals surface area contributed by atoms with Gasteiger partial charge >= 0.3 is 6.18 Å². The molecule has 33 heavy (non-hydrogen) atoms. The summed E-state index contributed by atoms with van der Waals surface area (Å²) < 4.78 is 45.5. The van der Waals surface area contributed by atoms with E-state index in [2.05, 4.69) is 20.9 Å². The summed E-state index contributed by atoms with van der Waals surface area (Å²) in [6, 6.07) is 12.0. The highest BCUT2D eigenvalue weighted by Crippen LogP contribution is 2.36. The molecule has 0 saturated carbocycles. The second-order valence-electron chi connectivity index (χ2n) is 7.76. The molecule has 6 nitrogen and oxygen atoms in total. The first-order chi connectivity index (χ1) is 15.7. The second-order valence-corrected chi connectivity index (χ2v) is 8.17. The number of allylic oxidation sites excluding steroid dienone is 1. The summed E-state index contributed by atoms with van der Waals surface area (Å²) in [6.45, 7) is 4.59. The Labute approximate surface area is 194 Å². The lowest BCUT2D eigenvalue weighted by atomic mass is 9.94. The number of carbonyl (C=O) groups excluding carboxylic acids is 1. The van der Waals surface area contributed by atoms with Crippen LogP contribution in [0, 0.1) is 0 Å². The molecule has 1 atom stereocenters. The number of nitrogens with zero attached hydrogens (tertiary/aromatic N) is 1. The van der Waals surface area contributed by atoms with Crippen molar-refractivity contribution >= 4 is 34.6 Å². The lowest BCUT2D eigenvalue weighted by Gasteiger charge is -2.32. The third kappa shape index (κ3) is 5.12. The number of halogens is 3. The molecule has 2 aromatic carbocycles. The maximum atomic E-state index is 13.4. The van der Waals surface area contributed by atoms with Crippen LogP contribution in [-0.2, 0) is 15.7 Å². The minimum atomic E-state index is -4.59. The van der Waals surface area contributed by atoms with Crippen molar-refractivity contribution < 1.29 is 22.7 Å². The van der Waals surface area contributed by atoms with Crippen molar-refractivity contribution in [3.63, 3.8) is 0 Å². The van der Waals surface area contributed by atoms with E-state index in [0.717, 1.165) is 30.4 Å². The first kappa shape index (κ1) is 23.1. The number of amides is 1. The van der Waals surface area contributed by atoms with Crippen LogP contribution >= 0.6 is 12.2 Å². The smallest absolute Gasteiger partial charge is 0.378 e. The normalized spacial score (nSPS) is 19.1. The van der Waals surface area contributed by atoms with Gasteiger partial charge in [0.1, 0.15) is 0 Å². The van der Waals surface area contributed by atoms with Crippen LogP contribution in [0.1, 0.15) is 24.1 Å². The molecule has 10 heteroatoms. The lowest BCUT2D eigenvalue weighted by Crippen LogP contribution is -2.45. The molecule has 3 N–H and O–H groups in total. The van der Waals surface area contributed by atoms with Crippen LogP contribution in [0.4, 0.5) is 24.5 Å². The van der Waals surface area contributed by atoms with E-state index in [1.165, 1.54) is 18.2 Å². The maximum absolute atomic E-state index is 13.4. The number of anilines is 2. The van der Waals surface area contributed by atoms with Crippen LogP contribution in [0.3, 0.4) is 0 Å². The van der Waals surface area contributed by atoms with Crippen molar-refractivity contribution in [2.45, 2.75) is 19.1 Å². The number of carbonyl (C=O) groups is 1. The van der Waals surface area contributed by atoms with E-state index in [-0.39, 0.29) is 11.3 Å². The molecule has 1 unspecified atom stereocenters. The van der Waals surface area contributed by atoms with Crippen molar-refractivity contribution in [3.05, 3.63) is 70.9 Å². The summed E-state index contributed by atoms with van der Waals surface area (Å²) in [6.07, 6.45) is -4.59. The Hall–Kier alpha value is -3.11. The average Bonchev–Trinajstić information content (AvgIpc) is 2.79. The Morgan fingerprint density at radius 2 is 1.79 bits per heavy atom. The predicted octanol–water partition coefficient (Wildman–Crippen LogP) is 3.97. The fraction of sp³-hybridized carbons (Fsp3) is 0.304. The van der Waals surface area contributed by atoms with Gasteiger partial charge in [0.2, 0.25) is 0 Å². The van der Waals surface area contributed by atoms with Gasteiger partial charge in [0.05, 0.1) is 36.1 Å². The first-order valence-electron chi connectivity index (χ1n) is 10.4. The molecule has 2 aliphatic heterocycles. The fourth-order valence-electron chi connectivity index (χ4n) is 3.97. The van der Waals surface area contributed by atoms with Crippen molar-refractivity contribution in [1.29, 1.82) is 0 Å². The third-order valence-electron chi connectivity index (χ3n) is 5.60. The molecule has 2 aliphatic rings. The van der Waals surface area contributed by atoms with Gasteiger partial charge in [0.15, 0.2) is 5.11 Å². The molecule has 0 aromatic heterocycles. The highest BCUT2D eigenvalue weighted by atomic mass is 32.1. The summed E-state index contributed by atoms with van der Waals surface area (Å²) in [5, 5.41) is 8.74. The number of hydrogen-bond donors (Lipinski definition) is 3. The Morgan fingerprint density at radius 1 is 1.12 bits per heavy atom. The molecule has 1 amide bonds. The molecule has 4 rings (SSSR count). The minimum absolute atomic E-state index is 0.264. The quantitative estimate of drug-likeness (QED) is 0.581. The maximum Gasteiger partial charge on any atom is 0.418 e. The summed E-state index contributed by atoms with van der Waals surface area (Å²) in [4.78, 5) is 15.4. The number of para-hydroxylation sites is 1. The fourth-order valence-corrected chi connectivity index (χ4v) is 4.24. The monoisotopic (exact) mass is 476 g/mol. The Morgan fingerprint density at radius 3 is 2.45 bits per heavy atom. The number of thiocarbonyl (C=S) groups is 1. The Bertz CT molecular complexity index is 1080. The van der Waals surface area contributed by atoms with Crippen molar-refractivity contribution in [1.82, 2.24) is 10.6 Å². The topological polar surface area (TPSA) is 65.6 Å².